The lowest BCUT2D eigenvalue weighted by molar-refractivity contribution is 0.281. The maximum absolute atomic E-state index is 3.65. The summed E-state index contributed by atoms with van der Waals surface area (Å²) in [6, 6.07) is 0. The van der Waals surface area contributed by atoms with Gasteiger partial charge in [-0.25, -0.2) is 0 Å². The van der Waals surface area contributed by atoms with Gasteiger partial charge < -0.3 is 5.32 Å². The van der Waals surface area contributed by atoms with Crippen LogP contribution in [-0.4, -0.2) is 13.1 Å². The molecular weight excluding hydrogens is 182 g/mol. The molecule has 0 saturated heterocycles. The van der Waals surface area contributed by atoms with E-state index in [1.165, 1.54) is 64.5 Å². The lowest BCUT2D eigenvalue weighted by atomic mass is 9.83. The number of nitrogens with one attached hydrogen (secondary N) is 1. The van der Waals surface area contributed by atoms with Crippen LogP contribution in [0.1, 0.15) is 58.3 Å². The molecule has 0 unspecified atom stereocenters. The van der Waals surface area contributed by atoms with Gasteiger partial charge in [0, 0.05) is 0 Å². The SMILES string of the molecule is CC1CCC(CNCCCC2CC2)CC1. The van der Waals surface area contributed by atoms with Crippen molar-refractivity contribution in [2.75, 3.05) is 13.1 Å². The lowest BCUT2D eigenvalue weighted by Gasteiger charge is -2.26. The van der Waals surface area contributed by atoms with Gasteiger partial charge in [0.25, 0.3) is 0 Å². The van der Waals surface area contributed by atoms with Gasteiger partial charge in [0.15, 0.2) is 0 Å². The summed E-state index contributed by atoms with van der Waals surface area (Å²) in [5, 5.41) is 3.65. The molecule has 88 valence electrons. The molecule has 0 amide bonds. The normalized spacial score (nSPS) is 31.8. The molecule has 2 aliphatic carbocycles. The minimum absolute atomic E-state index is 0.988. The fourth-order valence-electron chi connectivity index (χ4n) is 2.76. The smallest absolute Gasteiger partial charge is 0.00205 e. The van der Waals surface area contributed by atoms with Crippen LogP contribution >= 0.6 is 0 Å². The highest BCUT2D eigenvalue weighted by molar-refractivity contribution is 4.74. The lowest BCUT2D eigenvalue weighted by Crippen LogP contribution is -2.26. The van der Waals surface area contributed by atoms with Gasteiger partial charge in [-0.2, -0.15) is 0 Å². The molecule has 15 heavy (non-hydrogen) atoms. The largest absolute Gasteiger partial charge is 0.316 e. The van der Waals surface area contributed by atoms with Crippen molar-refractivity contribution in [2.24, 2.45) is 17.8 Å². The highest BCUT2D eigenvalue weighted by Crippen LogP contribution is 2.33. The first kappa shape index (κ1) is 11.4. The van der Waals surface area contributed by atoms with Gasteiger partial charge in [-0.3, -0.25) is 0 Å². The second kappa shape index (κ2) is 5.89. The number of hydrogen-bond donors (Lipinski definition) is 1. The Bertz CT molecular complexity index is 166. The fourth-order valence-corrected chi connectivity index (χ4v) is 2.76. The van der Waals surface area contributed by atoms with E-state index >= 15 is 0 Å². The third kappa shape index (κ3) is 4.55. The molecule has 1 heteroatoms. The van der Waals surface area contributed by atoms with Crippen molar-refractivity contribution in [1.82, 2.24) is 5.32 Å². The van der Waals surface area contributed by atoms with Crippen LogP contribution in [0.2, 0.25) is 0 Å². The summed E-state index contributed by atoms with van der Waals surface area (Å²) in [4.78, 5) is 0. The van der Waals surface area contributed by atoms with Crippen molar-refractivity contribution in [3.63, 3.8) is 0 Å². The third-order valence-corrected chi connectivity index (χ3v) is 4.23. The molecule has 2 fully saturated rings. The van der Waals surface area contributed by atoms with Gasteiger partial charge in [-0.1, -0.05) is 32.6 Å². The van der Waals surface area contributed by atoms with E-state index in [0.29, 0.717) is 0 Å². The molecule has 2 aliphatic rings. The van der Waals surface area contributed by atoms with Gasteiger partial charge >= 0.3 is 0 Å². The summed E-state index contributed by atoms with van der Waals surface area (Å²) >= 11 is 0. The molecule has 0 atom stereocenters. The summed E-state index contributed by atoms with van der Waals surface area (Å²) in [6.45, 7) is 4.96. The second-order valence-electron chi connectivity index (χ2n) is 5.92. The Morgan fingerprint density at radius 1 is 0.933 bits per heavy atom. The van der Waals surface area contributed by atoms with Crippen LogP contribution in [0.15, 0.2) is 0 Å². The predicted molar refractivity (Wildman–Crippen MR) is 65.9 cm³/mol. The Hall–Kier alpha value is -0.0400. The van der Waals surface area contributed by atoms with Crippen LogP contribution in [0.25, 0.3) is 0 Å². The Morgan fingerprint density at radius 3 is 2.27 bits per heavy atom. The van der Waals surface area contributed by atoms with Crippen LogP contribution < -0.4 is 5.32 Å². The average Bonchev–Trinajstić information content (AvgIpc) is 3.04. The first-order valence-corrected chi connectivity index (χ1v) is 7.05. The van der Waals surface area contributed by atoms with E-state index in [-0.39, 0.29) is 0 Å². The predicted octanol–water partition coefficient (Wildman–Crippen LogP) is 3.59. The first-order valence-electron chi connectivity index (χ1n) is 7.05. The Kier molecular flexibility index (Phi) is 4.49. The van der Waals surface area contributed by atoms with Crippen LogP contribution in [0.5, 0.6) is 0 Å². The highest BCUT2D eigenvalue weighted by atomic mass is 14.9. The maximum atomic E-state index is 3.65. The van der Waals surface area contributed by atoms with Crippen molar-refractivity contribution in [1.29, 1.82) is 0 Å². The van der Waals surface area contributed by atoms with E-state index < -0.39 is 0 Å². The van der Waals surface area contributed by atoms with Gasteiger partial charge in [0.2, 0.25) is 0 Å². The average molecular weight is 209 g/mol. The number of hydrogen-bond acceptors (Lipinski definition) is 1. The molecule has 2 saturated carbocycles. The van der Waals surface area contributed by atoms with E-state index in [0.717, 1.165) is 17.8 Å². The molecule has 0 aliphatic heterocycles. The monoisotopic (exact) mass is 209 g/mol. The first-order chi connectivity index (χ1) is 7.34. The van der Waals surface area contributed by atoms with Crippen molar-refractivity contribution in [3.8, 4) is 0 Å². The van der Waals surface area contributed by atoms with Crippen LogP contribution in [0.4, 0.5) is 0 Å². The van der Waals surface area contributed by atoms with Crippen molar-refractivity contribution < 1.29 is 0 Å². The van der Waals surface area contributed by atoms with Gasteiger partial charge in [0.05, 0.1) is 0 Å². The fraction of sp³-hybridized carbons (Fsp3) is 1.00. The molecule has 0 aromatic heterocycles. The molecule has 0 heterocycles. The molecule has 0 bridgehead atoms. The minimum Gasteiger partial charge on any atom is -0.316 e. The molecule has 1 nitrogen and oxygen atoms in total. The molecule has 0 aromatic carbocycles. The summed E-state index contributed by atoms with van der Waals surface area (Å²) in [5.41, 5.74) is 0. The topological polar surface area (TPSA) is 12.0 Å². The standard InChI is InChI=1S/C14H27N/c1-12-4-6-14(7-5-12)11-15-10-2-3-13-8-9-13/h12-15H,2-11H2,1H3. The maximum Gasteiger partial charge on any atom is -0.00205 e. The minimum atomic E-state index is 0.988. The summed E-state index contributed by atoms with van der Waals surface area (Å²) in [7, 11) is 0. The van der Waals surface area contributed by atoms with Gasteiger partial charge in [-0.15, -0.1) is 0 Å². The van der Waals surface area contributed by atoms with E-state index in [1.54, 1.807) is 0 Å². The summed E-state index contributed by atoms with van der Waals surface area (Å²) in [6.07, 6.45) is 11.8. The van der Waals surface area contributed by atoms with Crippen molar-refractivity contribution >= 4 is 0 Å². The molecular formula is C14H27N. The van der Waals surface area contributed by atoms with Gasteiger partial charge in [-0.05, 0) is 56.5 Å². The van der Waals surface area contributed by atoms with E-state index in [1.807, 2.05) is 0 Å². The third-order valence-electron chi connectivity index (χ3n) is 4.23. The Balaban J connectivity index is 1.43. The van der Waals surface area contributed by atoms with Crippen molar-refractivity contribution in [2.45, 2.75) is 58.3 Å². The zero-order valence-corrected chi connectivity index (χ0v) is 10.3. The van der Waals surface area contributed by atoms with E-state index in [4.69, 9.17) is 0 Å². The number of rotatable bonds is 6. The van der Waals surface area contributed by atoms with E-state index in [2.05, 4.69) is 12.2 Å². The molecule has 0 aromatic rings. The quantitative estimate of drug-likeness (QED) is 0.659. The van der Waals surface area contributed by atoms with Gasteiger partial charge in [0.1, 0.15) is 0 Å². The zero-order valence-electron chi connectivity index (χ0n) is 10.3. The summed E-state index contributed by atoms with van der Waals surface area (Å²) in [5.74, 6) is 3.10. The molecule has 0 radical (unpaired) electrons. The molecule has 2 rings (SSSR count). The van der Waals surface area contributed by atoms with Crippen LogP contribution in [0, 0.1) is 17.8 Å². The van der Waals surface area contributed by atoms with E-state index in [9.17, 15) is 0 Å². The molecule has 1 N–H and O–H groups in total. The second-order valence-corrected chi connectivity index (χ2v) is 5.92. The zero-order chi connectivity index (χ0) is 10.5. The van der Waals surface area contributed by atoms with Crippen LogP contribution in [0.3, 0.4) is 0 Å². The highest BCUT2D eigenvalue weighted by Gasteiger charge is 2.20. The van der Waals surface area contributed by atoms with Crippen molar-refractivity contribution in [3.05, 3.63) is 0 Å². The Labute approximate surface area is 95.0 Å². The Morgan fingerprint density at radius 2 is 1.60 bits per heavy atom. The summed E-state index contributed by atoms with van der Waals surface area (Å²) < 4.78 is 0. The van der Waals surface area contributed by atoms with Crippen LogP contribution in [-0.2, 0) is 0 Å². The molecule has 0 spiro atoms.